The quantitative estimate of drug-likeness (QED) is 0.377. The Morgan fingerprint density at radius 3 is 2.58 bits per heavy atom. The number of piperidine rings is 1. The average Bonchev–Trinajstić information content (AvgIpc) is 3.53. The van der Waals surface area contributed by atoms with E-state index in [2.05, 4.69) is 19.8 Å². The normalized spacial score (nSPS) is 20.7. The number of anilines is 3. The van der Waals surface area contributed by atoms with Crippen molar-refractivity contribution in [3.05, 3.63) is 48.2 Å². The molecule has 1 amide bonds. The number of carbonyl (C=O) groups excluding carboxylic acids is 1. The molecule has 40 heavy (non-hydrogen) atoms. The molecule has 1 aliphatic carbocycles. The van der Waals surface area contributed by atoms with Gasteiger partial charge in [-0.15, -0.1) is 0 Å². The van der Waals surface area contributed by atoms with Crippen LogP contribution >= 0.6 is 0 Å². The molecule has 3 heterocycles. The van der Waals surface area contributed by atoms with E-state index in [4.69, 9.17) is 14.3 Å². The van der Waals surface area contributed by atoms with Crippen LogP contribution in [0.5, 0.6) is 0 Å². The van der Waals surface area contributed by atoms with Crippen molar-refractivity contribution in [1.82, 2.24) is 4.72 Å². The highest BCUT2D eigenvalue weighted by Gasteiger charge is 2.44. The van der Waals surface area contributed by atoms with E-state index in [1.807, 2.05) is 25.1 Å². The lowest BCUT2D eigenvalue weighted by Crippen LogP contribution is -2.41. The smallest absolute Gasteiger partial charge is 0.255 e. The summed E-state index contributed by atoms with van der Waals surface area (Å²) in [6, 6.07) is 10.3. The van der Waals surface area contributed by atoms with Crippen LogP contribution in [0.15, 0.2) is 52.0 Å². The van der Waals surface area contributed by atoms with Crippen molar-refractivity contribution in [2.75, 3.05) is 61.1 Å². The number of fused-ring (bicyclic) bond motifs is 1. The molecular weight excluding hydrogens is 532 g/mol. The second kappa shape index (κ2) is 10.7. The summed E-state index contributed by atoms with van der Waals surface area (Å²) in [5, 5.41) is 13.0. The third-order valence-electron chi connectivity index (χ3n) is 8.43. The Balaban J connectivity index is 1.31. The summed E-state index contributed by atoms with van der Waals surface area (Å²) in [4.78, 5) is 18.1. The van der Waals surface area contributed by atoms with Crippen LogP contribution in [0.25, 0.3) is 11.0 Å². The summed E-state index contributed by atoms with van der Waals surface area (Å²) >= 11 is 0. The monoisotopic (exact) mass is 568 g/mol. The number of benzene rings is 2. The number of sulfonamides is 1. The highest BCUT2D eigenvalue weighted by atomic mass is 32.2. The van der Waals surface area contributed by atoms with E-state index in [1.54, 1.807) is 18.4 Å². The fourth-order valence-corrected chi connectivity index (χ4v) is 6.91. The summed E-state index contributed by atoms with van der Waals surface area (Å²) in [5.74, 6) is -0.281. The zero-order valence-corrected chi connectivity index (χ0v) is 23.5. The second-order valence-electron chi connectivity index (χ2n) is 11.2. The number of ether oxygens (including phenoxy) is 1. The van der Waals surface area contributed by atoms with Gasteiger partial charge in [0.15, 0.2) is 5.58 Å². The number of nitrogens with one attached hydrogen (secondary N) is 2. The van der Waals surface area contributed by atoms with Crippen molar-refractivity contribution < 1.29 is 27.5 Å². The van der Waals surface area contributed by atoms with Crippen molar-refractivity contribution in [3.8, 4) is 0 Å². The first-order valence-corrected chi connectivity index (χ1v) is 15.4. The van der Waals surface area contributed by atoms with Gasteiger partial charge in [0, 0.05) is 43.7 Å². The molecule has 0 bridgehead atoms. The third-order valence-corrected chi connectivity index (χ3v) is 9.89. The summed E-state index contributed by atoms with van der Waals surface area (Å²) in [6.07, 6.45) is 6.32. The molecule has 11 heteroatoms. The van der Waals surface area contributed by atoms with Crippen LogP contribution in [-0.4, -0.2) is 71.5 Å². The maximum absolute atomic E-state index is 13.7. The van der Waals surface area contributed by atoms with Crippen LogP contribution in [0.1, 0.15) is 43.0 Å². The molecule has 0 radical (unpaired) electrons. The largest absolute Gasteiger partial charge is 0.462 e. The van der Waals surface area contributed by atoms with Gasteiger partial charge in [0.2, 0.25) is 10.0 Å². The topological polar surface area (TPSA) is 124 Å². The number of rotatable bonds is 8. The molecule has 2 aliphatic heterocycles. The maximum Gasteiger partial charge on any atom is 0.255 e. The van der Waals surface area contributed by atoms with Crippen molar-refractivity contribution in [2.45, 2.75) is 43.6 Å². The lowest BCUT2D eigenvalue weighted by Gasteiger charge is -2.35. The van der Waals surface area contributed by atoms with E-state index in [1.165, 1.54) is 18.9 Å². The Morgan fingerprint density at radius 2 is 1.85 bits per heavy atom. The van der Waals surface area contributed by atoms with Crippen LogP contribution in [0.3, 0.4) is 0 Å². The van der Waals surface area contributed by atoms with Gasteiger partial charge in [0.25, 0.3) is 5.91 Å². The minimum atomic E-state index is -3.81. The number of aliphatic hydroxyl groups is 1. The van der Waals surface area contributed by atoms with Crippen molar-refractivity contribution in [1.29, 1.82) is 0 Å². The average molecular weight is 569 g/mol. The lowest BCUT2D eigenvalue weighted by molar-refractivity contribution is 0.0532. The third kappa shape index (κ3) is 5.43. The first kappa shape index (κ1) is 27.1. The number of amides is 1. The predicted octanol–water partition coefficient (Wildman–Crippen LogP) is 3.56. The number of aliphatic hydroxyl groups excluding tert-OH is 1. The number of nitrogens with zero attached hydrogens (tertiary/aromatic N) is 2. The molecule has 1 aromatic heterocycles. The molecule has 3 aromatic rings. The molecule has 3 aliphatic rings. The summed E-state index contributed by atoms with van der Waals surface area (Å²) in [7, 11) is -3.81. The Bertz CT molecular complexity index is 1510. The molecular formula is C29H36N4O6S. The minimum Gasteiger partial charge on any atom is -0.462 e. The molecule has 2 aromatic carbocycles. The molecule has 1 saturated carbocycles. The number of hydrogen-bond acceptors (Lipinski definition) is 8. The fraction of sp³-hybridized carbons (Fsp3) is 0.483. The Labute approximate surface area is 234 Å². The first-order valence-electron chi connectivity index (χ1n) is 14.0. The van der Waals surface area contributed by atoms with Crippen molar-refractivity contribution >= 4 is 44.0 Å². The number of hydrogen-bond donors (Lipinski definition) is 3. The molecule has 0 unspecified atom stereocenters. The van der Waals surface area contributed by atoms with E-state index in [9.17, 15) is 13.2 Å². The van der Waals surface area contributed by atoms with Crippen molar-refractivity contribution in [3.63, 3.8) is 0 Å². The van der Waals surface area contributed by atoms with Gasteiger partial charge < -0.3 is 29.4 Å². The highest BCUT2D eigenvalue weighted by molar-refractivity contribution is 7.89. The molecule has 3 N–H and O–H groups in total. The maximum atomic E-state index is 13.7. The van der Waals surface area contributed by atoms with E-state index < -0.39 is 10.0 Å². The van der Waals surface area contributed by atoms with Gasteiger partial charge in [0.05, 0.1) is 47.5 Å². The molecule has 1 spiro atoms. The van der Waals surface area contributed by atoms with Crippen LogP contribution in [0.2, 0.25) is 0 Å². The summed E-state index contributed by atoms with van der Waals surface area (Å²) < 4.78 is 39.6. The Kier molecular flexibility index (Phi) is 7.24. The highest BCUT2D eigenvalue weighted by Crippen LogP contribution is 2.54. The number of carbonyl (C=O) groups is 1. The first-order chi connectivity index (χ1) is 19.3. The second-order valence-corrected chi connectivity index (χ2v) is 13.0. The van der Waals surface area contributed by atoms with E-state index >= 15 is 0 Å². The molecule has 6 rings (SSSR count). The lowest BCUT2D eigenvalue weighted by atomic mass is 9.93. The Hall–Kier alpha value is -3.12. The van der Waals surface area contributed by atoms with Crippen LogP contribution in [-0.2, 0) is 14.8 Å². The van der Waals surface area contributed by atoms with Crippen LogP contribution in [0.4, 0.5) is 17.1 Å². The minimum absolute atomic E-state index is 0.0663. The Morgan fingerprint density at radius 1 is 1.05 bits per heavy atom. The zero-order valence-electron chi connectivity index (χ0n) is 22.7. The van der Waals surface area contributed by atoms with E-state index in [0.29, 0.717) is 42.0 Å². The van der Waals surface area contributed by atoms with Gasteiger partial charge >= 0.3 is 0 Å². The van der Waals surface area contributed by atoms with E-state index in [0.717, 1.165) is 42.6 Å². The SMILES string of the molecule is C[C@@H]1CN(c2cc(C(=O)Nc3ccc(S(=O)(=O)NCCO)cc3N3CCC4(CC3)CC4)cc3ccoc23)CCO1. The molecule has 10 nitrogen and oxygen atoms in total. The molecule has 3 fully saturated rings. The van der Waals surface area contributed by atoms with Crippen LogP contribution in [0, 0.1) is 5.41 Å². The van der Waals surface area contributed by atoms with Gasteiger partial charge in [-0.1, -0.05) is 0 Å². The predicted molar refractivity (Wildman–Crippen MR) is 154 cm³/mol. The number of furan rings is 1. The molecule has 2 saturated heterocycles. The number of morpholine rings is 1. The van der Waals surface area contributed by atoms with Gasteiger partial charge in [-0.3, -0.25) is 4.79 Å². The van der Waals surface area contributed by atoms with E-state index in [-0.39, 0.29) is 30.1 Å². The summed E-state index contributed by atoms with van der Waals surface area (Å²) in [6.45, 7) is 5.27. The van der Waals surface area contributed by atoms with Gasteiger partial charge in [-0.05, 0) is 74.4 Å². The molecule has 1 atom stereocenters. The van der Waals surface area contributed by atoms with Crippen LogP contribution < -0.4 is 19.8 Å². The van der Waals surface area contributed by atoms with Gasteiger partial charge in [-0.25, -0.2) is 13.1 Å². The standard InChI is InChI=1S/C29H36N4O6S/c1-20-19-33(12-15-38-20)26-17-22(16-21-4-14-39-27(21)26)28(35)31-24-3-2-23(40(36,37)30-9-13-34)18-25(24)32-10-7-29(5-6-29)8-11-32/h2-4,14,16-18,20,30,34H,5-13,15,19H2,1H3,(H,31,35)/t20-/m1/s1. The summed E-state index contributed by atoms with van der Waals surface area (Å²) in [5.41, 5.74) is 3.77. The van der Waals surface area contributed by atoms with Gasteiger partial charge in [-0.2, -0.15) is 0 Å². The van der Waals surface area contributed by atoms with Crippen molar-refractivity contribution in [2.24, 2.45) is 5.41 Å². The van der Waals surface area contributed by atoms with Gasteiger partial charge in [0.1, 0.15) is 0 Å². The fourth-order valence-electron chi connectivity index (χ4n) is 5.87. The molecule has 214 valence electrons. The zero-order chi connectivity index (χ0) is 27.9.